The molecule has 27 heavy (non-hydrogen) atoms. The Balaban J connectivity index is 1.25. The fraction of sp³-hybridized carbons (Fsp3) is 0.250. The van der Waals surface area contributed by atoms with E-state index >= 15 is 0 Å². The number of carbonyl (C=O) groups is 1. The quantitative estimate of drug-likeness (QED) is 0.386. The van der Waals surface area contributed by atoms with Gasteiger partial charge in [-0.1, -0.05) is 36.0 Å². The molecular weight excluding hydrogens is 376 g/mol. The molecule has 1 fully saturated rings. The summed E-state index contributed by atoms with van der Waals surface area (Å²) in [5.74, 6) is 0.162. The third-order valence-corrected chi connectivity index (χ3v) is 6.55. The molecule has 1 N–H and O–H groups in total. The first-order chi connectivity index (χ1) is 13.3. The largest absolute Gasteiger partial charge is 0.372 e. The van der Waals surface area contributed by atoms with E-state index in [1.54, 1.807) is 17.6 Å². The van der Waals surface area contributed by atoms with E-state index in [1.165, 1.54) is 30.3 Å². The van der Waals surface area contributed by atoms with Crippen LogP contribution in [0.4, 0.5) is 5.69 Å². The number of thioether (sulfide) groups is 1. The zero-order chi connectivity index (χ0) is 18.5. The number of hydrogen-bond donors (Lipinski definition) is 1. The SMILES string of the molecule is O=C(CSc1nc2ccccc2s1)N/N=C/c1ccc(N2CCCC2)cc1. The zero-order valence-electron chi connectivity index (χ0n) is 14.8. The van der Waals surface area contributed by atoms with Gasteiger partial charge in [-0.25, -0.2) is 10.4 Å². The predicted molar refractivity (Wildman–Crippen MR) is 114 cm³/mol. The van der Waals surface area contributed by atoms with Gasteiger partial charge in [-0.05, 0) is 42.7 Å². The number of fused-ring (bicyclic) bond motifs is 1. The van der Waals surface area contributed by atoms with E-state index in [0.717, 1.165) is 33.2 Å². The Bertz CT molecular complexity index is 913. The average molecular weight is 397 g/mol. The number of hydrazone groups is 1. The lowest BCUT2D eigenvalue weighted by Gasteiger charge is -2.17. The normalized spacial score (nSPS) is 14.3. The molecule has 3 aromatic rings. The molecule has 0 saturated carbocycles. The molecule has 2 heterocycles. The van der Waals surface area contributed by atoms with Crippen LogP contribution in [0.1, 0.15) is 18.4 Å². The van der Waals surface area contributed by atoms with Crippen molar-refractivity contribution in [3.63, 3.8) is 0 Å². The maximum Gasteiger partial charge on any atom is 0.250 e. The highest BCUT2D eigenvalue weighted by Gasteiger charge is 2.11. The highest BCUT2D eigenvalue weighted by Crippen LogP contribution is 2.29. The fourth-order valence-electron chi connectivity index (χ4n) is 3.00. The van der Waals surface area contributed by atoms with Crippen molar-refractivity contribution in [3.8, 4) is 0 Å². The summed E-state index contributed by atoms with van der Waals surface area (Å²) in [5.41, 5.74) is 5.77. The van der Waals surface area contributed by atoms with E-state index in [4.69, 9.17) is 0 Å². The van der Waals surface area contributed by atoms with Gasteiger partial charge in [0, 0.05) is 18.8 Å². The van der Waals surface area contributed by atoms with Crippen LogP contribution in [-0.4, -0.2) is 35.9 Å². The number of hydrogen-bond acceptors (Lipinski definition) is 6. The molecule has 5 nitrogen and oxygen atoms in total. The number of anilines is 1. The summed E-state index contributed by atoms with van der Waals surface area (Å²) in [7, 11) is 0. The molecule has 0 spiro atoms. The van der Waals surface area contributed by atoms with Gasteiger partial charge in [-0.3, -0.25) is 4.79 Å². The van der Waals surface area contributed by atoms with E-state index in [9.17, 15) is 4.79 Å². The number of amides is 1. The summed E-state index contributed by atoms with van der Waals surface area (Å²) < 4.78 is 2.03. The van der Waals surface area contributed by atoms with Gasteiger partial charge in [0.1, 0.15) is 0 Å². The fourth-order valence-corrected chi connectivity index (χ4v) is 4.86. The molecule has 1 aliphatic rings. The summed E-state index contributed by atoms with van der Waals surface area (Å²) in [6, 6.07) is 16.3. The Kier molecular flexibility index (Phi) is 5.69. The van der Waals surface area contributed by atoms with E-state index < -0.39 is 0 Å². The molecule has 0 radical (unpaired) electrons. The number of nitrogens with zero attached hydrogens (tertiary/aromatic N) is 3. The van der Waals surface area contributed by atoms with Crippen LogP contribution < -0.4 is 10.3 Å². The van der Waals surface area contributed by atoms with Crippen LogP contribution >= 0.6 is 23.1 Å². The van der Waals surface area contributed by atoms with E-state index in [-0.39, 0.29) is 5.91 Å². The number of rotatable bonds is 6. The highest BCUT2D eigenvalue weighted by molar-refractivity contribution is 8.01. The number of carbonyl (C=O) groups excluding carboxylic acids is 1. The van der Waals surface area contributed by atoms with Gasteiger partial charge in [0.2, 0.25) is 0 Å². The maximum atomic E-state index is 12.0. The number of benzene rings is 2. The van der Waals surface area contributed by atoms with Crippen LogP contribution in [0.5, 0.6) is 0 Å². The molecule has 1 saturated heterocycles. The van der Waals surface area contributed by atoms with E-state index in [0.29, 0.717) is 5.75 Å². The van der Waals surface area contributed by atoms with E-state index in [2.05, 4.69) is 32.5 Å². The third kappa shape index (κ3) is 4.67. The number of thiazole rings is 1. The van der Waals surface area contributed by atoms with Gasteiger partial charge in [-0.2, -0.15) is 5.10 Å². The van der Waals surface area contributed by atoms with Crippen molar-refractivity contribution < 1.29 is 4.79 Å². The minimum absolute atomic E-state index is 0.135. The average Bonchev–Trinajstić information content (AvgIpc) is 3.36. The second kappa shape index (κ2) is 8.54. The molecular formula is C20H20N4OS2. The smallest absolute Gasteiger partial charge is 0.250 e. The van der Waals surface area contributed by atoms with E-state index in [1.807, 2.05) is 36.4 Å². The van der Waals surface area contributed by atoms with Gasteiger partial charge >= 0.3 is 0 Å². The molecule has 1 aromatic heterocycles. The van der Waals surface area contributed by atoms with Gasteiger partial charge in [0.15, 0.2) is 4.34 Å². The molecule has 4 rings (SSSR count). The van der Waals surface area contributed by atoms with Gasteiger partial charge in [-0.15, -0.1) is 11.3 Å². The topological polar surface area (TPSA) is 57.6 Å². The lowest BCUT2D eigenvalue weighted by Crippen LogP contribution is -2.19. The first-order valence-corrected chi connectivity index (χ1v) is 10.7. The minimum atomic E-state index is -0.135. The van der Waals surface area contributed by atoms with Crippen LogP contribution in [0.25, 0.3) is 10.2 Å². The van der Waals surface area contributed by atoms with Crippen molar-refractivity contribution in [3.05, 3.63) is 54.1 Å². The van der Waals surface area contributed by atoms with Crippen molar-refractivity contribution in [2.24, 2.45) is 5.10 Å². The molecule has 1 aliphatic heterocycles. The van der Waals surface area contributed by atoms with Crippen molar-refractivity contribution in [1.29, 1.82) is 0 Å². The summed E-state index contributed by atoms with van der Waals surface area (Å²) in [5, 5.41) is 4.06. The Hall–Kier alpha value is -2.38. The lowest BCUT2D eigenvalue weighted by atomic mass is 10.2. The number of nitrogens with one attached hydrogen (secondary N) is 1. The molecule has 0 aliphatic carbocycles. The van der Waals surface area contributed by atoms with Crippen molar-refractivity contribution in [1.82, 2.24) is 10.4 Å². The molecule has 138 valence electrons. The summed E-state index contributed by atoms with van der Waals surface area (Å²) in [4.78, 5) is 18.9. The Morgan fingerprint density at radius 3 is 2.74 bits per heavy atom. The Morgan fingerprint density at radius 1 is 1.19 bits per heavy atom. The molecule has 7 heteroatoms. The lowest BCUT2D eigenvalue weighted by molar-refractivity contribution is -0.118. The van der Waals surface area contributed by atoms with Gasteiger partial charge in [0.25, 0.3) is 5.91 Å². The first kappa shape index (κ1) is 18.0. The second-order valence-electron chi connectivity index (χ2n) is 6.32. The third-order valence-electron chi connectivity index (χ3n) is 4.37. The maximum absolute atomic E-state index is 12.0. The molecule has 1 amide bonds. The van der Waals surface area contributed by atoms with Crippen molar-refractivity contribution in [2.75, 3.05) is 23.7 Å². The summed E-state index contributed by atoms with van der Waals surface area (Å²) in [6.07, 6.45) is 4.21. The van der Waals surface area contributed by atoms with Crippen LogP contribution in [0.2, 0.25) is 0 Å². The molecule has 2 aromatic carbocycles. The number of aromatic nitrogens is 1. The molecule has 0 bridgehead atoms. The zero-order valence-corrected chi connectivity index (χ0v) is 16.4. The van der Waals surface area contributed by atoms with Crippen LogP contribution in [0.3, 0.4) is 0 Å². The van der Waals surface area contributed by atoms with Gasteiger partial charge in [0.05, 0.1) is 22.2 Å². The molecule has 0 atom stereocenters. The second-order valence-corrected chi connectivity index (χ2v) is 8.57. The minimum Gasteiger partial charge on any atom is -0.372 e. The summed E-state index contributed by atoms with van der Waals surface area (Å²) in [6.45, 7) is 2.27. The highest BCUT2D eigenvalue weighted by atomic mass is 32.2. The van der Waals surface area contributed by atoms with Gasteiger partial charge < -0.3 is 4.90 Å². The number of para-hydroxylation sites is 1. The van der Waals surface area contributed by atoms with Crippen molar-refractivity contribution in [2.45, 2.75) is 17.2 Å². The monoisotopic (exact) mass is 396 g/mol. The van der Waals surface area contributed by atoms with Crippen LogP contribution in [0.15, 0.2) is 58.0 Å². The van der Waals surface area contributed by atoms with Crippen molar-refractivity contribution >= 4 is 51.1 Å². The van der Waals surface area contributed by atoms with Crippen LogP contribution in [-0.2, 0) is 4.79 Å². The summed E-state index contributed by atoms with van der Waals surface area (Å²) >= 11 is 3.03. The standard InChI is InChI=1S/C20H20N4OS2/c25-19(14-26-20-22-17-5-1-2-6-18(17)27-20)23-21-13-15-7-9-16(10-8-15)24-11-3-4-12-24/h1-2,5-10,13H,3-4,11-12,14H2,(H,23,25)/b21-13+. The predicted octanol–water partition coefficient (Wildman–Crippen LogP) is 4.14. The molecule has 0 unspecified atom stereocenters. The first-order valence-electron chi connectivity index (χ1n) is 8.93. The Morgan fingerprint density at radius 2 is 1.96 bits per heavy atom. The van der Waals surface area contributed by atoms with Crippen LogP contribution in [0, 0.1) is 0 Å². The Labute approximate surface area is 166 Å².